The third-order valence-electron chi connectivity index (χ3n) is 2.15. The first-order valence-electron chi connectivity index (χ1n) is 5.37. The molecule has 1 atom stereocenters. The zero-order valence-corrected chi connectivity index (χ0v) is 9.68. The normalized spacial score (nSPS) is 12.5. The number of nitrogens with one attached hydrogen (secondary N) is 1. The van der Waals surface area contributed by atoms with Crippen LogP contribution in [0.15, 0.2) is 18.6 Å². The lowest BCUT2D eigenvalue weighted by Crippen LogP contribution is -2.41. The molecule has 1 amide bonds. The fourth-order valence-corrected chi connectivity index (χ4v) is 1.35. The average molecular weight is 222 g/mol. The fraction of sp³-hybridized carbons (Fsp3) is 0.545. The molecular weight excluding hydrogens is 204 g/mol. The molecule has 0 saturated heterocycles. The Morgan fingerprint density at radius 2 is 2.31 bits per heavy atom. The second-order valence-corrected chi connectivity index (χ2v) is 4.15. The van der Waals surface area contributed by atoms with Crippen molar-refractivity contribution >= 4 is 5.91 Å². The van der Waals surface area contributed by atoms with E-state index in [9.17, 15) is 4.79 Å². The Hall–Kier alpha value is -1.49. The molecule has 0 aromatic carbocycles. The molecule has 5 heteroatoms. The standard InChI is InChI=1S/C11H18N4O/c1-8(2)5-10(12)11(16)14-6-9-3-4-13-7-15-9/h3-4,7-8,10H,5-6,12H2,1-2H3,(H,14,16). The minimum atomic E-state index is -0.443. The van der Waals surface area contributed by atoms with Crippen LogP contribution in [0, 0.1) is 5.92 Å². The van der Waals surface area contributed by atoms with Gasteiger partial charge in [0.2, 0.25) is 5.91 Å². The van der Waals surface area contributed by atoms with Gasteiger partial charge in [0.25, 0.3) is 0 Å². The second-order valence-electron chi connectivity index (χ2n) is 4.15. The predicted molar refractivity (Wildman–Crippen MR) is 61.3 cm³/mol. The highest BCUT2D eigenvalue weighted by Gasteiger charge is 2.14. The molecule has 1 heterocycles. The van der Waals surface area contributed by atoms with Gasteiger partial charge in [0.15, 0.2) is 0 Å². The zero-order chi connectivity index (χ0) is 12.0. The summed E-state index contributed by atoms with van der Waals surface area (Å²) in [5.41, 5.74) is 6.52. The number of aromatic nitrogens is 2. The van der Waals surface area contributed by atoms with Crippen LogP contribution in [0.4, 0.5) is 0 Å². The van der Waals surface area contributed by atoms with Gasteiger partial charge < -0.3 is 11.1 Å². The van der Waals surface area contributed by atoms with Crippen LogP contribution in [-0.2, 0) is 11.3 Å². The van der Waals surface area contributed by atoms with Crippen molar-refractivity contribution in [3.8, 4) is 0 Å². The summed E-state index contributed by atoms with van der Waals surface area (Å²) >= 11 is 0. The number of hydrogen-bond acceptors (Lipinski definition) is 4. The van der Waals surface area contributed by atoms with Crippen molar-refractivity contribution in [2.24, 2.45) is 11.7 Å². The summed E-state index contributed by atoms with van der Waals surface area (Å²) in [6.45, 7) is 4.47. The lowest BCUT2D eigenvalue weighted by atomic mass is 10.0. The quantitative estimate of drug-likeness (QED) is 0.758. The monoisotopic (exact) mass is 222 g/mol. The van der Waals surface area contributed by atoms with Gasteiger partial charge in [-0.2, -0.15) is 0 Å². The maximum atomic E-state index is 11.6. The molecule has 0 fully saturated rings. The predicted octanol–water partition coefficient (Wildman–Crippen LogP) is 0.466. The minimum Gasteiger partial charge on any atom is -0.349 e. The highest BCUT2D eigenvalue weighted by atomic mass is 16.2. The molecule has 0 aliphatic rings. The molecule has 0 radical (unpaired) electrons. The molecule has 0 aliphatic carbocycles. The number of carbonyl (C=O) groups is 1. The Kier molecular flexibility index (Phi) is 4.85. The van der Waals surface area contributed by atoms with E-state index in [4.69, 9.17) is 5.73 Å². The third kappa shape index (κ3) is 4.35. The van der Waals surface area contributed by atoms with Gasteiger partial charge in [-0.1, -0.05) is 13.8 Å². The number of amides is 1. The molecule has 1 aromatic rings. The molecule has 1 rings (SSSR count). The number of nitrogens with two attached hydrogens (primary N) is 1. The first kappa shape index (κ1) is 12.6. The van der Waals surface area contributed by atoms with Crippen LogP contribution >= 0.6 is 0 Å². The van der Waals surface area contributed by atoms with Crippen molar-refractivity contribution in [2.75, 3.05) is 0 Å². The molecule has 1 aromatic heterocycles. The van der Waals surface area contributed by atoms with Crippen LogP contribution in [0.2, 0.25) is 0 Å². The van der Waals surface area contributed by atoms with E-state index < -0.39 is 6.04 Å². The van der Waals surface area contributed by atoms with Gasteiger partial charge in [0.1, 0.15) is 6.33 Å². The molecule has 0 saturated carbocycles. The summed E-state index contributed by atoms with van der Waals surface area (Å²) in [5.74, 6) is 0.284. The van der Waals surface area contributed by atoms with E-state index in [0.29, 0.717) is 18.9 Å². The number of hydrogen-bond donors (Lipinski definition) is 2. The van der Waals surface area contributed by atoms with Gasteiger partial charge in [-0.25, -0.2) is 9.97 Å². The fourth-order valence-electron chi connectivity index (χ4n) is 1.35. The van der Waals surface area contributed by atoms with Gasteiger partial charge in [-0.05, 0) is 18.4 Å². The smallest absolute Gasteiger partial charge is 0.237 e. The van der Waals surface area contributed by atoms with Crippen molar-refractivity contribution < 1.29 is 4.79 Å². The van der Waals surface area contributed by atoms with Crippen LogP contribution < -0.4 is 11.1 Å². The summed E-state index contributed by atoms with van der Waals surface area (Å²) in [5, 5.41) is 2.75. The summed E-state index contributed by atoms with van der Waals surface area (Å²) in [4.78, 5) is 19.4. The van der Waals surface area contributed by atoms with E-state index in [1.54, 1.807) is 12.3 Å². The SMILES string of the molecule is CC(C)CC(N)C(=O)NCc1ccncn1. The Morgan fingerprint density at radius 1 is 1.56 bits per heavy atom. The molecular formula is C11H18N4O. The molecule has 1 unspecified atom stereocenters. The highest BCUT2D eigenvalue weighted by molar-refractivity contribution is 5.81. The minimum absolute atomic E-state index is 0.132. The van der Waals surface area contributed by atoms with E-state index >= 15 is 0 Å². The zero-order valence-electron chi connectivity index (χ0n) is 9.68. The second kappa shape index (κ2) is 6.17. The van der Waals surface area contributed by atoms with Crippen molar-refractivity contribution in [2.45, 2.75) is 32.9 Å². The molecule has 0 aliphatic heterocycles. The topological polar surface area (TPSA) is 80.9 Å². The van der Waals surface area contributed by atoms with Crippen molar-refractivity contribution in [1.29, 1.82) is 0 Å². The Morgan fingerprint density at radius 3 is 2.88 bits per heavy atom. The summed E-state index contributed by atoms with van der Waals surface area (Å²) in [7, 11) is 0. The summed E-state index contributed by atoms with van der Waals surface area (Å²) in [6.07, 6.45) is 3.79. The van der Waals surface area contributed by atoms with Gasteiger partial charge in [-0.15, -0.1) is 0 Å². The molecule has 16 heavy (non-hydrogen) atoms. The van der Waals surface area contributed by atoms with Crippen molar-refractivity contribution in [3.63, 3.8) is 0 Å². The van der Waals surface area contributed by atoms with Crippen LogP contribution in [0.1, 0.15) is 26.0 Å². The van der Waals surface area contributed by atoms with E-state index in [1.807, 2.05) is 13.8 Å². The highest BCUT2D eigenvalue weighted by Crippen LogP contribution is 2.02. The lowest BCUT2D eigenvalue weighted by Gasteiger charge is -2.13. The van der Waals surface area contributed by atoms with E-state index in [2.05, 4.69) is 15.3 Å². The molecule has 5 nitrogen and oxygen atoms in total. The lowest BCUT2D eigenvalue weighted by molar-refractivity contribution is -0.122. The van der Waals surface area contributed by atoms with E-state index in [-0.39, 0.29) is 5.91 Å². The third-order valence-corrected chi connectivity index (χ3v) is 2.15. The van der Waals surface area contributed by atoms with Crippen LogP contribution in [0.25, 0.3) is 0 Å². The Labute approximate surface area is 95.5 Å². The number of rotatable bonds is 5. The summed E-state index contributed by atoms with van der Waals surface area (Å²) < 4.78 is 0. The molecule has 0 spiro atoms. The number of carbonyl (C=O) groups excluding carboxylic acids is 1. The van der Waals surface area contributed by atoms with Gasteiger partial charge in [0.05, 0.1) is 18.3 Å². The first-order chi connectivity index (χ1) is 7.59. The average Bonchev–Trinajstić information content (AvgIpc) is 2.26. The molecule has 88 valence electrons. The van der Waals surface area contributed by atoms with Crippen LogP contribution in [0.5, 0.6) is 0 Å². The Balaban J connectivity index is 2.35. The molecule has 3 N–H and O–H groups in total. The van der Waals surface area contributed by atoms with Crippen molar-refractivity contribution in [1.82, 2.24) is 15.3 Å². The Bertz CT molecular complexity index is 326. The maximum Gasteiger partial charge on any atom is 0.237 e. The van der Waals surface area contributed by atoms with E-state index in [0.717, 1.165) is 5.69 Å². The number of nitrogens with zero attached hydrogens (tertiary/aromatic N) is 2. The largest absolute Gasteiger partial charge is 0.349 e. The van der Waals surface area contributed by atoms with Crippen LogP contribution in [-0.4, -0.2) is 21.9 Å². The van der Waals surface area contributed by atoms with Crippen molar-refractivity contribution in [3.05, 3.63) is 24.3 Å². The molecule has 0 bridgehead atoms. The first-order valence-corrected chi connectivity index (χ1v) is 5.37. The van der Waals surface area contributed by atoms with Gasteiger partial charge in [0, 0.05) is 6.20 Å². The maximum absolute atomic E-state index is 11.6. The van der Waals surface area contributed by atoms with E-state index in [1.165, 1.54) is 6.33 Å². The van der Waals surface area contributed by atoms with Gasteiger partial charge >= 0.3 is 0 Å². The van der Waals surface area contributed by atoms with Crippen LogP contribution in [0.3, 0.4) is 0 Å². The summed E-state index contributed by atoms with van der Waals surface area (Å²) in [6, 6.07) is 1.32. The van der Waals surface area contributed by atoms with Gasteiger partial charge in [-0.3, -0.25) is 4.79 Å².